The molecule has 1 fully saturated rings. The van der Waals surface area contributed by atoms with Gasteiger partial charge in [0.15, 0.2) is 0 Å². The van der Waals surface area contributed by atoms with Gasteiger partial charge in [-0.15, -0.1) is 0 Å². The highest BCUT2D eigenvalue weighted by molar-refractivity contribution is 6.31. The van der Waals surface area contributed by atoms with E-state index in [1.807, 2.05) is 13.0 Å². The second-order valence-electron chi connectivity index (χ2n) is 5.94. The van der Waals surface area contributed by atoms with Gasteiger partial charge in [0, 0.05) is 34.4 Å². The maximum absolute atomic E-state index is 12.2. The van der Waals surface area contributed by atoms with Gasteiger partial charge in [0.25, 0.3) is 0 Å². The number of hydrogen-bond acceptors (Lipinski definition) is 2. The Bertz CT molecular complexity index is 808. The minimum absolute atomic E-state index is 0.0361. The molecule has 130 valence electrons. The van der Waals surface area contributed by atoms with Crippen LogP contribution in [0.15, 0.2) is 42.5 Å². The molecule has 1 aliphatic heterocycles. The summed E-state index contributed by atoms with van der Waals surface area (Å²) in [6.07, 6.45) is 0.255. The molecule has 0 aliphatic carbocycles. The number of anilines is 2. The fourth-order valence-electron chi connectivity index (χ4n) is 2.70. The normalized spacial score (nSPS) is 16.8. The van der Waals surface area contributed by atoms with Crippen molar-refractivity contribution >= 4 is 46.5 Å². The predicted octanol–water partition coefficient (Wildman–Crippen LogP) is 4.23. The van der Waals surface area contributed by atoms with Gasteiger partial charge in [-0.1, -0.05) is 29.3 Å². The third-order valence-electron chi connectivity index (χ3n) is 4.03. The quantitative estimate of drug-likeness (QED) is 0.840. The van der Waals surface area contributed by atoms with Crippen LogP contribution in [-0.2, 0) is 4.79 Å². The smallest absolute Gasteiger partial charge is 0.319 e. The van der Waals surface area contributed by atoms with E-state index >= 15 is 0 Å². The lowest BCUT2D eigenvalue weighted by Gasteiger charge is -2.17. The van der Waals surface area contributed by atoms with Crippen LogP contribution in [0.1, 0.15) is 12.0 Å². The van der Waals surface area contributed by atoms with Crippen LogP contribution in [0.2, 0.25) is 10.0 Å². The monoisotopic (exact) mass is 377 g/mol. The van der Waals surface area contributed by atoms with E-state index in [0.717, 1.165) is 11.3 Å². The molecule has 0 unspecified atom stereocenters. The highest BCUT2D eigenvalue weighted by atomic mass is 35.5. The van der Waals surface area contributed by atoms with Crippen LogP contribution in [0.25, 0.3) is 0 Å². The summed E-state index contributed by atoms with van der Waals surface area (Å²) in [5, 5.41) is 6.75. The maximum atomic E-state index is 12.2. The zero-order chi connectivity index (χ0) is 18.0. The molecule has 3 rings (SSSR count). The molecule has 2 N–H and O–H groups in total. The standard InChI is InChI=1S/C18H17Cl2N3O2/c1-11-2-5-13(8-16(11)20)21-18(25)22-14-9-17(24)23(10-14)15-6-3-12(19)4-7-15/h2-8,14H,9-10H2,1H3,(H2,21,22,25)/t14-/m1/s1. The first-order valence-corrected chi connectivity index (χ1v) is 8.57. The van der Waals surface area contributed by atoms with E-state index in [-0.39, 0.29) is 24.4 Å². The molecule has 5 nitrogen and oxygen atoms in total. The van der Waals surface area contributed by atoms with Gasteiger partial charge < -0.3 is 15.5 Å². The van der Waals surface area contributed by atoms with Crippen molar-refractivity contribution in [3.05, 3.63) is 58.1 Å². The zero-order valence-corrected chi connectivity index (χ0v) is 15.1. The van der Waals surface area contributed by atoms with Gasteiger partial charge in [0.2, 0.25) is 5.91 Å². The van der Waals surface area contributed by atoms with E-state index in [1.165, 1.54) is 0 Å². The van der Waals surface area contributed by atoms with E-state index in [9.17, 15) is 9.59 Å². The average Bonchev–Trinajstić information content (AvgIpc) is 2.92. The number of hydrogen-bond donors (Lipinski definition) is 2. The van der Waals surface area contributed by atoms with E-state index in [2.05, 4.69) is 10.6 Å². The molecule has 1 saturated heterocycles. The summed E-state index contributed by atoms with van der Waals surface area (Å²) in [6, 6.07) is 11.7. The van der Waals surface area contributed by atoms with E-state index in [1.54, 1.807) is 41.3 Å². The summed E-state index contributed by atoms with van der Waals surface area (Å²) in [5.74, 6) is -0.0361. The molecule has 25 heavy (non-hydrogen) atoms. The predicted molar refractivity (Wildman–Crippen MR) is 101 cm³/mol. The highest BCUT2D eigenvalue weighted by Crippen LogP contribution is 2.24. The number of nitrogens with one attached hydrogen (secondary N) is 2. The summed E-state index contributed by atoms with van der Waals surface area (Å²) in [7, 11) is 0. The van der Waals surface area contributed by atoms with Gasteiger partial charge in [-0.25, -0.2) is 4.79 Å². The van der Waals surface area contributed by atoms with Crippen molar-refractivity contribution in [2.24, 2.45) is 0 Å². The van der Waals surface area contributed by atoms with E-state index in [4.69, 9.17) is 23.2 Å². The SMILES string of the molecule is Cc1ccc(NC(=O)N[C@@H]2CC(=O)N(c3ccc(Cl)cc3)C2)cc1Cl. The van der Waals surface area contributed by atoms with Crippen molar-refractivity contribution in [3.63, 3.8) is 0 Å². The fraction of sp³-hybridized carbons (Fsp3) is 0.222. The zero-order valence-electron chi connectivity index (χ0n) is 13.6. The Morgan fingerprint density at radius 3 is 2.56 bits per heavy atom. The Kier molecular flexibility index (Phi) is 5.16. The van der Waals surface area contributed by atoms with Crippen molar-refractivity contribution in [1.82, 2.24) is 5.32 Å². The molecule has 1 aliphatic rings. The van der Waals surface area contributed by atoms with E-state index in [0.29, 0.717) is 22.3 Å². The Morgan fingerprint density at radius 2 is 1.88 bits per heavy atom. The van der Waals surface area contributed by atoms with Gasteiger partial charge >= 0.3 is 6.03 Å². The second kappa shape index (κ2) is 7.33. The van der Waals surface area contributed by atoms with Crippen LogP contribution >= 0.6 is 23.2 Å². The molecule has 2 aromatic rings. The molecule has 0 spiro atoms. The highest BCUT2D eigenvalue weighted by Gasteiger charge is 2.31. The number of benzene rings is 2. The van der Waals surface area contributed by atoms with Gasteiger partial charge in [-0.3, -0.25) is 4.79 Å². The Morgan fingerprint density at radius 1 is 1.16 bits per heavy atom. The van der Waals surface area contributed by atoms with Crippen molar-refractivity contribution in [3.8, 4) is 0 Å². The minimum Gasteiger partial charge on any atom is -0.333 e. The van der Waals surface area contributed by atoms with E-state index < -0.39 is 0 Å². The minimum atomic E-state index is -0.365. The van der Waals surface area contributed by atoms with Crippen LogP contribution in [0.3, 0.4) is 0 Å². The molecule has 1 heterocycles. The molecule has 0 aromatic heterocycles. The Hall–Kier alpha value is -2.24. The summed E-state index contributed by atoms with van der Waals surface area (Å²) in [5.41, 5.74) is 2.31. The summed E-state index contributed by atoms with van der Waals surface area (Å²) >= 11 is 11.9. The lowest BCUT2D eigenvalue weighted by atomic mass is 10.2. The van der Waals surface area contributed by atoms with Crippen LogP contribution in [-0.4, -0.2) is 24.5 Å². The number of nitrogens with zero attached hydrogens (tertiary/aromatic N) is 1. The topological polar surface area (TPSA) is 61.4 Å². The maximum Gasteiger partial charge on any atom is 0.319 e. The number of rotatable bonds is 3. The Balaban J connectivity index is 1.60. The lowest BCUT2D eigenvalue weighted by molar-refractivity contribution is -0.117. The van der Waals surface area contributed by atoms with Crippen molar-refractivity contribution in [2.45, 2.75) is 19.4 Å². The molecule has 2 aromatic carbocycles. The number of aryl methyl sites for hydroxylation is 1. The third kappa shape index (κ3) is 4.24. The van der Waals surface area contributed by atoms with Crippen LogP contribution in [0.4, 0.5) is 16.2 Å². The number of urea groups is 1. The largest absolute Gasteiger partial charge is 0.333 e. The first-order valence-electron chi connectivity index (χ1n) is 7.82. The first kappa shape index (κ1) is 17.6. The third-order valence-corrected chi connectivity index (χ3v) is 4.69. The van der Waals surface area contributed by atoms with Gasteiger partial charge in [0.05, 0.1) is 6.04 Å². The molecular weight excluding hydrogens is 361 g/mol. The molecule has 0 bridgehead atoms. The Labute approximate surface area is 155 Å². The summed E-state index contributed by atoms with van der Waals surface area (Å²) in [6.45, 7) is 2.31. The molecule has 3 amide bonds. The first-order chi connectivity index (χ1) is 11.9. The van der Waals surface area contributed by atoms with Gasteiger partial charge in [-0.2, -0.15) is 0 Å². The van der Waals surface area contributed by atoms with Crippen LogP contribution in [0, 0.1) is 6.92 Å². The average molecular weight is 378 g/mol. The van der Waals surface area contributed by atoms with Crippen LogP contribution < -0.4 is 15.5 Å². The number of carbonyl (C=O) groups excluding carboxylic acids is 2. The number of amides is 3. The second-order valence-corrected chi connectivity index (χ2v) is 6.79. The molecule has 0 saturated carbocycles. The lowest BCUT2D eigenvalue weighted by Crippen LogP contribution is -2.39. The van der Waals surface area contributed by atoms with Crippen molar-refractivity contribution in [2.75, 3.05) is 16.8 Å². The van der Waals surface area contributed by atoms with Crippen molar-refractivity contribution in [1.29, 1.82) is 0 Å². The summed E-state index contributed by atoms with van der Waals surface area (Å²) < 4.78 is 0. The number of carbonyl (C=O) groups is 2. The summed E-state index contributed by atoms with van der Waals surface area (Å²) in [4.78, 5) is 26.0. The van der Waals surface area contributed by atoms with Gasteiger partial charge in [0.1, 0.15) is 0 Å². The molecular formula is C18H17Cl2N3O2. The fourth-order valence-corrected chi connectivity index (χ4v) is 3.00. The molecule has 7 heteroatoms. The van der Waals surface area contributed by atoms with Gasteiger partial charge in [-0.05, 0) is 48.9 Å². The van der Waals surface area contributed by atoms with Crippen LogP contribution in [0.5, 0.6) is 0 Å². The number of halogens is 2. The van der Waals surface area contributed by atoms with Crippen molar-refractivity contribution < 1.29 is 9.59 Å². The molecule has 0 radical (unpaired) electrons. The molecule has 1 atom stereocenters.